The first-order chi connectivity index (χ1) is 11.6. The van der Waals surface area contributed by atoms with E-state index in [1.165, 1.54) is 35.2 Å². The molecule has 0 fully saturated rings. The molecular weight excluding hydrogens is 405 g/mol. The van der Waals surface area contributed by atoms with Gasteiger partial charge >= 0.3 is 0 Å². The molecule has 1 aliphatic carbocycles. The van der Waals surface area contributed by atoms with E-state index in [-0.39, 0.29) is 0 Å². The predicted octanol–water partition coefficient (Wildman–Crippen LogP) is 5.08. The summed E-state index contributed by atoms with van der Waals surface area (Å²) in [5.74, 6) is 0.442. The van der Waals surface area contributed by atoms with Crippen LogP contribution in [0.15, 0.2) is 60.2 Å². The van der Waals surface area contributed by atoms with Crippen LogP contribution in [0, 0.1) is 0 Å². The minimum atomic E-state index is 0.442. The molecule has 0 aromatic heterocycles. The molecule has 24 heavy (non-hydrogen) atoms. The van der Waals surface area contributed by atoms with Crippen molar-refractivity contribution in [3.8, 4) is 0 Å². The lowest BCUT2D eigenvalue weighted by Gasteiger charge is -2.39. The van der Waals surface area contributed by atoms with Crippen LogP contribution in [-0.2, 0) is 12.8 Å². The SMILES string of the molecule is C[N+]1(C)CCC(C2c3ccccc3CCc3ccccc32)=CC1I. The van der Waals surface area contributed by atoms with Crippen molar-refractivity contribution >= 4 is 22.6 Å². The maximum absolute atomic E-state index is 2.62. The highest BCUT2D eigenvalue weighted by Crippen LogP contribution is 2.42. The van der Waals surface area contributed by atoms with E-state index in [0.29, 0.717) is 9.97 Å². The number of aryl methyl sites for hydroxylation is 2. The Kier molecular flexibility index (Phi) is 4.29. The fraction of sp³-hybridized carbons (Fsp3) is 0.364. The molecule has 0 bridgehead atoms. The third-order valence-corrected chi connectivity index (χ3v) is 7.63. The highest BCUT2D eigenvalue weighted by atomic mass is 127. The molecule has 4 rings (SSSR count). The molecule has 124 valence electrons. The Bertz CT molecular complexity index is 743. The van der Waals surface area contributed by atoms with Crippen molar-refractivity contribution in [1.29, 1.82) is 0 Å². The Morgan fingerprint density at radius 3 is 1.92 bits per heavy atom. The number of alkyl halides is 1. The Morgan fingerprint density at radius 1 is 0.833 bits per heavy atom. The maximum atomic E-state index is 2.62. The fourth-order valence-corrected chi connectivity index (χ4v) is 4.91. The first-order valence-corrected chi connectivity index (χ1v) is 10.1. The van der Waals surface area contributed by atoms with Gasteiger partial charge in [-0.15, -0.1) is 0 Å². The number of hydrogen-bond acceptors (Lipinski definition) is 0. The van der Waals surface area contributed by atoms with Crippen LogP contribution in [0.1, 0.15) is 34.6 Å². The number of nitrogens with zero attached hydrogens (tertiary/aromatic N) is 1. The maximum Gasteiger partial charge on any atom is 0.158 e. The second-order valence-electron chi connectivity index (χ2n) is 7.70. The topological polar surface area (TPSA) is 0 Å². The molecule has 0 N–H and O–H groups in total. The van der Waals surface area contributed by atoms with E-state index in [1.54, 1.807) is 5.57 Å². The standard InChI is InChI=1S/C22H25IN/c1-24(2)14-13-18(15-21(24)23)22-19-9-5-3-7-16(19)11-12-17-8-4-6-10-20(17)22/h3-10,15,21-22H,11-14H2,1-2H3/q+1. The van der Waals surface area contributed by atoms with Crippen LogP contribution in [-0.4, -0.2) is 29.2 Å². The summed E-state index contributed by atoms with van der Waals surface area (Å²) in [7, 11) is 4.69. The summed E-state index contributed by atoms with van der Waals surface area (Å²) in [6, 6.07) is 18.2. The van der Waals surface area contributed by atoms with Crippen molar-refractivity contribution in [2.45, 2.75) is 29.2 Å². The van der Waals surface area contributed by atoms with Crippen molar-refractivity contribution < 1.29 is 4.48 Å². The molecule has 1 aliphatic heterocycles. The lowest BCUT2D eigenvalue weighted by molar-refractivity contribution is -0.891. The van der Waals surface area contributed by atoms with Gasteiger partial charge in [-0.1, -0.05) is 48.5 Å². The van der Waals surface area contributed by atoms with Gasteiger partial charge in [0.25, 0.3) is 0 Å². The number of halogens is 1. The van der Waals surface area contributed by atoms with Gasteiger partial charge in [0.05, 0.1) is 20.6 Å². The van der Waals surface area contributed by atoms with Gasteiger partial charge in [0.1, 0.15) is 0 Å². The van der Waals surface area contributed by atoms with Gasteiger partial charge < -0.3 is 4.48 Å². The van der Waals surface area contributed by atoms with Crippen molar-refractivity contribution in [3.05, 3.63) is 82.4 Å². The number of likely N-dealkylation sites (N-methyl/N-ethyl adjacent to an activating group) is 1. The predicted molar refractivity (Wildman–Crippen MR) is 110 cm³/mol. The van der Waals surface area contributed by atoms with E-state index in [1.807, 2.05) is 0 Å². The van der Waals surface area contributed by atoms with E-state index in [4.69, 9.17) is 0 Å². The highest BCUT2D eigenvalue weighted by molar-refractivity contribution is 14.1. The lowest BCUT2D eigenvalue weighted by Crippen LogP contribution is -2.48. The first kappa shape index (κ1) is 16.3. The van der Waals surface area contributed by atoms with Crippen LogP contribution in [0.3, 0.4) is 0 Å². The Balaban J connectivity index is 1.88. The minimum Gasteiger partial charge on any atom is -0.314 e. The third-order valence-electron chi connectivity index (χ3n) is 5.76. The molecule has 0 radical (unpaired) electrons. The molecule has 0 spiro atoms. The number of hydrogen-bond donors (Lipinski definition) is 0. The number of fused-ring (bicyclic) bond motifs is 2. The largest absolute Gasteiger partial charge is 0.314 e. The zero-order valence-corrected chi connectivity index (χ0v) is 16.7. The van der Waals surface area contributed by atoms with Gasteiger partial charge in [0, 0.05) is 12.3 Å². The van der Waals surface area contributed by atoms with Crippen molar-refractivity contribution in [2.75, 3.05) is 20.6 Å². The van der Waals surface area contributed by atoms with Crippen LogP contribution in [0.4, 0.5) is 0 Å². The highest BCUT2D eigenvalue weighted by Gasteiger charge is 2.34. The molecule has 0 saturated carbocycles. The molecule has 0 saturated heterocycles. The van der Waals surface area contributed by atoms with Gasteiger partial charge in [-0.05, 0) is 69.3 Å². The third kappa shape index (κ3) is 2.84. The van der Waals surface area contributed by atoms with Crippen LogP contribution < -0.4 is 0 Å². The van der Waals surface area contributed by atoms with E-state index >= 15 is 0 Å². The Labute approximate surface area is 159 Å². The normalized spacial score (nSPS) is 23.0. The molecule has 2 aromatic rings. The van der Waals surface area contributed by atoms with Crippen LogP contribution in [0.5, 0.6) is 0 Å². The van der Waals surface area contributed by atoms with Crippen molar-refractivity contribution in [1.82, 2.24) is 0 Å². The first-order valence-electron chi connectivity index (χ1n) is 8.89. The summed E-state index contributed by atoms with van der Waals surface area (Å²) in [4.78, 5) is 0. The van der Waals surface area contributed by atoms with Crippen LogP contribution in [0.25, 0.3) is 0 Å². The summed E-state index contributed by atoms with van der Waals surface area (Å²) in [5, 5.41) is 0. The minimum absolute atomic E-state index is 0.442. The summed E-state index contributed by atoms with van der Waals surface area (Å²) >= 11 is 2.62. The molecule has 1 unspecified atom stereocenters. The quantitative estimate of drug-likeness (QED) is 0.195. The van der Waals surface area contributed by atoms with Crippen LogP contribution >= 0.6 is 22.6 Å². The number of rotatable bonds is 1. The van der Waals surface area contributed by atoms with E-state index < -0.39 is 0 Å². The van der Waals surface area contributed by atoms with Gasteiger partial charge in [0.15, 0.2) is 4.05 Å². The molecule has 1 atom stereocenters. The summed E-state index contributed by atoms with van der Waals surface area (Å²) in [6.07, 6.45) is 6.06. The zero-order chi connectivity index (χ0) is 16.7. The average Bonchev–Trinajstić information content (AvgIpc) is 2.74. The van der Waals surface area contributed by atoms with Crippen molar-refractivity contribution in [2.24, 2.45) is 0 Å². The van der Waals surface area contributed by atoms with Gasteiger partial charge in [-0.25, -0.2) is 0 Å². The van der Waals surface area contributed by atoms with E-state index in [9.17, 15) is 0 Å². The zero-order valence-electron chi connectivity index (χ0n) is 14.5. The number of benzene rings is 2. The smallest absolute Gasteiger partial charge is 0.158 e. The fourth-order valence-electron chi connectivity index (χ4n) is 4.17. The summed E-state index contributed by atoms with van der Waals surface area (Å²) in [5.41, 5.74) is 7.75. The van der Waals surface area contributed by atoms with E-state index in [0.717, 1.165) is 17.3 Å². The Morgan fingerprint density at radius 2 is 1.38 bits per heavy atom. The molecule has 2 aromatic carbocycles. The number of quaternary nitrogens is 1. The molecule has 1 heterocycles. The Hall–Kier alpha value is -1.13. The van der Waals surface area contributed by atoms with Crippen LogP contribution in [0.2, 0.25) is 0 Å². The molecular formula is C22H25IN+. The van der Waals surface area contributed by atoms with Gasteiger partial charge in [0.2, 0.25) is 0 Å². The second-order valence-corrected chi connectivity index (χ2v) is 8.97. The van der Waals surface area contributed by atoms with Gasteiger partial charge in [-0.3, -0.25) is 0 Å². The molecule has 1 nitrogen and oxygen atoms in total. The summed E-state index contributed by atoms with van der Waals surface area (Å²) < 4.78 is 1.63. The molecule has 2 aliphatic rings. The monoisotopic (exact) mass is 430 g/mol. The average molecular weight is 430 g/mol. The van der Waals surface area contributed by atoms with E-state index in [2.05, 4.69) is 91.3 Å². The second kappa shape index (κ2) is 6.30. The molecule has 0 amide bonds. The van der Waals surface area contributed by atoms with Gasteiger partial charge in [-0.2, -0.15) is 0 Å². The summed E-state index contributed by atoms with van der Waals surface area (Å²) in [6.45, 7) is 1.22. The molecule has 2 heteroatoms. The van der Waals surface area contributed by atoms with Crippen molar-refractivity contribution in [3.63, 3.8) is 0 Å². The lowest BCUT2D eigenvalue weighted by atomic mass is 9.80.